The number of hydrogen-bond donors (Lipinski definition) is 4. The van der Waals surface area contributed by atoms with E-state index in [1.165, 1.54) is 0 Å². The Kier molecular flexibility index (Phi) is 23.8. The average molecular weight is 458 g/mol. The summed E-state index contributed by atoms with van der Waals surface area (Å²) in [7, 11) is 3.38. The first-order valence-electron chi connectivity index (χ1n) is 8.42. The minimum Gasteiger partial charge on any atom is -0.359 e. The van der Waals surface area contributed by atoms with Gasteiger partial charge in [-0.15, -0.1) is 49.6 Å². The van der Waals surface area contributed by atoms with Crippen molar-refractivity contribution in [3.8, 4) is 0 Å². The van der Waals surface area contributed by atoms with Gasteiger partial charge in [0.25, 0.3) is 0 Å². The Bertz CT molecular complexity index is 328. The fourth-order valence-corrected chi connectivity index (χ4v) is 3.17. The third-order valence-corrected chi connectivity index (χ3v) is 4.78. The van der Waals surface area contributed by atoms with Crippen molar-refractivity contribution in [3.63, 3.8) is 0 Å². The van der Waals surface area contributed by atoms with Gasteiger partial charge in [-0.1, -0.05) is 0 Å². The van der Waals surface area contributed by atoms with E-state index in [9.17, 15) is 9.59 Å². The lowest BCUT2D eigenvalue weighted by Gasteiger charge is -2.24. The van der Waals surface area contributed by atoms with Crippen LogP contribution < -0.4 is 22.1 Å². The zero-order valence-electron chi connectivity index (χ0n) is 15.6. The molecule has 160 valence electrons. The Balaban J connectivity index is -0.000000161. The molecule has 2 fully saturated rings. The molecule has 0 unspecified atom stereocenters. The van der Waals surface area contributed by atoms with Gasteiger partial charge in [-0.3, -0.25) is 9.59 Å². The number of hydrogen-bond acceptors (Lipinski definition) is 4. The van der Waals surface area contributed by atoms with Gasteiger partial charge >= 0.3 is 0 Å². The molecule has 0 bridgehead atoms. The summed E-state index contributed by atoms with van der Waals surface area (Å²) in [5.74, 6) is 0.799. The van der Waals surface area contributed by atoms with Crippen molar-refractivity contribution in [1.82, 2.24) is 10.6 Å². The van der Waals surface area contributed by atoms with Gasteiger partial charge in [0.1, 0.15) is 0 Å². The van der Waals surface area contributed by atoms with Gasteiger partial charge in [-0.05, 0) is 51.4 Å². The molecule has 2 aliphatic rings. The summed E-state index contributed by atoms with van der Waals surface area (Å²) in [6.45, 7) is 0. The van der Waals surface area contributed by atoms with Crippen LogP contribution in [0.5, 0.6) is 0 Å². The minimum absolute atomic E-state index is 0. The van der Waals surface area contributed by atoms with Gasteiger partial charge in [0, 0.05) is 38.0 Å². The second kappa shape index (κ2) is 18.4. The normalized spacial score (nSPS) is 26.6. The Morgan fingerprint density at radius 3 is 1.04 bits per heavy atom. The molecule has 0 aliphatic heterocycles. The van der Waals surface area contributed by atoms with Crippen LogP contribution in [0.15, 0.2) is 0 Å². The maximum atomic E-state index is 11.1. The first-order chi connectivity index (χ1) is 10.5. The van der Waals surface area contributed by atoms with Crippen LogP contribution in [-0.2, 0) is 9.59 Å². The zero-order valence-corrected chi connectivity index (χ0v) is 18.8. The largest absolute Gasteiger partial charge is 0.359 e. The van der Waals surface area contributed by atoms with E-state index in [2.05, 4.69) is 10.6 Å². The lowest BCUT2D eigenvalue weighted by molar-refractivity contribution is -0.126. The second-order valence-electron chi connectivity index (χ2n) is 6.45. The first kappa shape index (κ1) is 33.6. The van der Waals surface area contributed by atoms with Crippen molar-refractivity contribution < 1.29 is 9.59 Å². The first-order valence-corrected chi connectivity index (χ1v) is 8.42. The third-order valence-electron chi connectivity index (χ3n) is 4.78. The molecule has 6 nitrogen and oxygen atoms in total. The summed E-state index contributed by atoms with van der Waals surface area (Å²) >= 11 is 0. The van der Waals surface area contributed by atoms with E-state index in [1.807, 2.05) is 0 Å². The van der Waals surface area contributed by atoms with Crippen molar-refractivity contribution >= 4 is 61.4 Å². The van der Waals surface area contributed by atoms with Crippen LogP contribution in [0.4, 0.5) is 0 Å². The Hall–Kier alpha value is 0.0200. The predicted molar refractivity (Wildman–Crippen MR) is 117 cm³/mol. The topological polar surface area (TPSA) is 110 Å². The summed E-state index contributed by atoms with van der Waals surface area (Å²) in [5.41, 5.74) is 11.4. The van der Waals surface area contributed by atoms with Gasteiger partial charge in [-0.2, -0.15) is 0 Å². The fourth-order valence-electron chi connectivity index (χ4n) is 3.17. The van der Waals surface area contributed by atoms with Gasteiger partial charge < -0.3 is 22.1 Å². The predicted octanol–water partition coefficient (Wildman–Crippen LogP) is 2.19. The van der Waals surface area contributed by atoms with Crippen molar-refractivity contribution in [2.75, 3.05) is 14.1 Å². The van der Waals surface area contributed by atoms with E-state index in [-0.39, 0.29) is 73.3 Å². The molecule has 2 aliphatic carbocycles. The van der Waals surface area contributed by atoms with E-state index in [0.29, 0.717) is 12.1 Å². The van der Waals surface area contributed by atoms with Crippen molar-refractivity contribution in [2.45, 2.75) is 63.5 Å². The van der Waals surface area contributed by atoms with E-state index in [0.717, 1.165) is 51.4 Å². The van der Waals surface area contributed by atoms with E-state index in [4.69, 9.17) is 11.5 Å². The second-order valence-corrected chi connectivity index (χ2v) is 6.45. The number of carbonyl (C=O) groups is 2. The van der Waals surface area contributed by atoms with Crippen LogP contribution >= 0.6 is 49.6 Å². The highest BCUT2D eigenvalue weighted by molar-refractivity contribution is 5.86. The van der Waals surface area contributed by atoms with E-state index >= 15 is 0 Å². The number of carbonyl (C=O) groups excluding carboxylic acids is 2. The van der Waals surface area contributed by atoms with Crippen LogP contribution in [0.3, 0.4) is 0 Å². The number of rotatable bonds is 2. The molecule has 0 atom stereocenters. The summed E-state index contributed by atoms with van der Waals surface area (Å²) in [4.78, 5) is 22.2. The van der Waals surface area contributed by atoms with Crippen molar-refractivity contribution in [1.29, 1.82) is 0 Å². The van der Waals surface area contributed by atoms with Crippen LogP contribution in [0.1, 0.15) is 51.4 Å². The van der Waals surface area contributed by atoms with Crippen molar-refractivity contribution in [3.05, 3.63) is 0 Å². The Morgan fingerprint density at radius 2 is 0.846 bits per heavy atom. The molecule has 0 aromatic rings. The lowest BCUT2D eigenvalue weighted by Crippen LogP contribution is -2.34. The van der Waals surface area contributed by atoms with Gasteiger partial charge in [0.2, 0.25) is 11.8 Å². The molecule has 0 radical (unpaired) electrons. The van der Waals surface area contributed by atoms with Gasteiger partial charge in [0.05, 0.1) is 0 Å². The zero-order chi connectivity index (χ0) is 16.5. The molecular weight excluding hydrogens is 422 g/mol. The third kappa shape index (κ3) is 12.4. The van der Waals surface area contributed by atoms with Crippen molar-refractivity contribution in [2.24, 2.45) is 23.3 Å². The quantitative estimate of drug-likeness (QED) is 0.509. The van der Waals surface area contributed by atoms with Gasteiger partial charge in [-0.25, -0.2) is 0 Å². The van der Waals surface area contributed by atoms with Crippen LogP contribution in [0, 0.1) is 11.8 Å². The number of halogens is 4. The van der Waals surface area contributed by atoms with E-state index in [1.54, 1.807) is 14.1 Å². The maximum Gasteiger partial charge on any atom is 0.222 e. The monoisotopic (exact) mass is 456 g/mol. The van der Waals surface area contributed by atoms with Gasteiger partial charge in [0.15, 0.2) is 0 Å². The molecule has 6 N–H and O–H groups in total. The summed E-state index contributed by atoms with van der Waals surface area (Å²) in [6.07, 6.45) is 7.83. The number of nitrogens with two attached hydrogens (primary N) is 2. The Morgan fingerprint density at radius 1 is 0.615 bits per heavy atom. The molecule has 10 heteroatoms. The molecule has 2 rings (SSSR count). The molecule has 0 heterocycles. The smallest absolute Gasteiger partial charge is 0.222 e. The van der Waals surface area contributed by atoms with E-state index < -0.39 is 0 Å². The van der Waals surface area contributed by atoms with Crippen LogP contribution in [0.25, 0.3) is 0 Å². The molecule has 2 amide bonds. The SMILES string of the molecule is CNC(=O)C1CCC(N)CC1.CNC(=O)C1CCC(N)CC1.Cl.Cl.Cl.Cl. The summed E-state index contributed by atoms with van der Waals surface area (Å²) in [5, 5.41) is 5.34. The minimum atomic E-state index is 0. The fraction of sp³-hybridized carbons (Fsp3) is 0.875. The molecule has 0 aromatic carbocycles. The maximum absolute atomic E-state index is 11.1. The Labute approximate surface area is 182 Å². The molecule has 26 heavy (non-hydrogen) atoms. The summed E-state index contributed by atoms with van der Waals surface area (Å²) < 4.78 is 0. The lowest BCUT2D eigenvalue weighted by atomic mass is 9.86. The molecule has 0 spiro atoms. The average Bonchev–Trinajstić information content (AvgIpc) is 2.55. The number of nitrogens with one attached hydrogen (secondary N) is 2. The highest BCUT2D eigenvalue weighted by Crippen LogP contribution is 2.23. The van der Waals surface area contributed by atoms with Crippen LogP contribution in [-0.4, -0.2) is 38.0 Å². The molecule has 0 aromatic heterocycles. The molecule has 0 saturated heterocycles. The highest BCUT2D eigenvalue weighted by atomic mass is 35.5. The molecule has 2 saturated carbocycles. The molecular formula is C16H36Cl4N4O2. The summed E-state index contributed by atoms with van der Waals surface area (Å²) in [6, 6.07) is 0.659. The highest BCUT2D eigenvalue weighted by Gasteiger charge is 2.24. The standard InChI is InChI=1S/2C8H16N2O.4ClH/c2*1-10-8(11)6-2-4-7(9)5-3-6;;;;/h2*6-7H,2-5,9H2,1H3,(H,10,11);4*1H. The van der Waals surface area contributed by atoms with Crippen LogP contribution in [0.2, 0.25) is 0 Å². The number of amides is 2.